The fourth-order valence-electron chi connectivity index (χ4n) is 4.21. The molecule has 1 aliphatic rings. The topological polar surface area (TPSA) is 158 Å². The summed E-state index contributed by atoms with van der Waals surface area (Å²) in [4.78, 5) is 56.2. The Morgan fingerprint density at radius 1 is 1.18 bits per heavy atom. The highest BCUT2D eigenvalue weighted by Gasteiger charge is 2.44. The molecule has 0 spiro atoms. The molecule has 3 amide bonds. The van der Waals surface area contributed by atoms with Crippen molar-refractivity contribution in [1.29, 1.82) is 0 Å². The van der Waals surface area contributed by atoms with Gasteiger partial charge in [-0.15, -0.1) is 11.3 Å². The fraction of sp³-hybridized carbons (Fsp3) is 0.500. The molecule has 1 aromatic heterocycles. The molecule has 2 heterocycles. The molecule has 38 heavy (non-hydrogen) atoms. The number of ether oxygens (including phenoxy) is 1. The number of carbonyl (C=O) groups excluding carboxylic acids is 3. The average Bonchev–Trinajstić information content (AvgIpc) is 3.45. The van der Waals surface area contributed by atoms with E-state index in [-0.39, 0.29) is 19.5 Å². The molecule has 0 saturated carbocycles. The molecule has 3 rings (SSSR count). The van der Waals surface area contributed by atoms with Gasteiger partial charge in [0.05, 0.1) is 22.2 Å². The van der Waals surface area contributed by atoms with E-state index in [0.717, 1.165) is 21.7 Å². The third-order valence-electron chi connectivity index (χ3n) is 6.17. The van der Waals surface area contributed by atoms with Crippen LogP contribution in [0.2, 0.25) is 0 Å². The van der Waals surface area contributed by atoms with Crippen LogP contribution in [0.1, 0.15) is 38.4 Å². The van der Waals surface area contributed by atoms with Crippen molar-refractivity contribution in [2.75, 3.05) is 19.8 Å². The largest absolute Gasteiger partial charge is 0.480 e. The SMILES string of the molecule is Cc1ncsc1-c1ccc(CNC(=O)[C@@H]2C[C@@H](O)CN2C(=O)C(NC(=O)COCC(=O)O)C(C)(C)C)cc1. The van der Waals surface area contributed by atoms with Crippen LogP contribution in [-0.2, 0) is 30.5 Å². The molecule has 1 aliphatic heterocycles. The molecular weight excluding hydrogens is 512 g/mol. The number of hydrogen-bond donors (Lipinski definition) is 4. The maximum Gasteiger partial charge on any atom is 0.329 e. The van der Waals surface area contributed by atoms with Gasteiger partial charge in [-0.2, -0.15) is 0 Å². The molecule has 4 N–H and O–H groups in total. The molecule has 1 aromatic carbocycles. The minimum atomic E-state index is -1.22. The number of aromatic nitrogens is 1. The number of aliphatic carboxylic acids is 1. The molecule has 0 aliphatic carbocycles. The molecule has 0 bridgehead atoms. The summed E-state index contributed by atoms with van der Waals surface area (Å²) >= 11 is 1.56. The maximum absolute atomic E-state index is 13.5. The minimum Gasteiger partial charge on any atom is -0.480 e. The monoisotopic (exact) mass is 546 g/mol. The molecule has 1 fully saturated rings. The van der Waals surface area contributed by atoms with Crippen LogP contribution in [0.4, 0.5) is 0 Å². The number of nitrogens with one attached hydrogen (secondary N) is 2. The van der Waals surface area contributed by atoms with Crippen molar-refractivity contribution in [3.05, 3.63) is 41.0 Å². The quantitative estimate of drug-likeness (QED) is 0.347. The molecular formula is C26H34N4O7S. The van der Waals surface area contributed by atoms with E-state index in [1.165, 1.54) is 4.90 Å². The number of nitrogens with zero attached hydrogens (tertiary/aromatic N) is 2. The van der Waals surface area contributed by atoms with Gasteiger partial charge in [-0.05, 0) is 23.5 Å². The van der Waals surface area contributed by atoms with Crippen LogP contribution in [0.5, 0.6) is 0 Å². The number of aliphatic hydroxyl groups excluding tert-OH is 1. The summed E-state index contributed by atoms with van der Waals surface area (Å²) in [5, 5.41) is 24.4. The van der Waals surface area contributed by atoms with E-state index >= 15 is 0 Å². The molecule has 206 valence electrons. The Morgan fingerprint density at radius 3 is 2.45 bits per heavy atom. The Bertz CT molecular complexity index is 1160. The zero-order chi connectivity index (χ0) is 28.0. The molecule has 1 unspecified atom stereocenters. The zero-order valence-corrected chi connectivity index (χ0v) is 22.7. The molecule has 2 aromatic rings. The van der Waals surface area contributed by atoms with Crippen molar-refractivity contribution >= 4 is 35.0 Å². The number of carboxylic acids is 1. The van der Waals surface area contributed by atoms with Gasteiger partial charge in [-0.1, -0.05) is 45.0 Å². The lowest BCUT2D eigenvalue weighted by atomic mass is 9.85. The average molecular weight is 547 g/mol. The van der Waals surface area contributed by atoms with Gasteiger partial charge in [0.1, 0.15) is 25.3 Å². The second kappa shape index (κ2) is 12.5. The third-order valence-corrected chi connectivity index (χ3v) is 7.15. The number of hydrogen-bond acceptors (Lipinski definition) is 8. The lowest BCUT2D eigenvalue weighted by molar-refractivity contribution is -0.146. The minimum absolute atomic E-state index is 0.0439. The third kappa shape index (κ3) is 7.59. The predicted octanol–water partition coefficient (Wildman–Crippen LogP) is 1.33. The van der Waals surface area contributed by atoms with E-state index in [9.17, 15) is 24.3 Å². The van der Waals surface area contributed by atoms with Crippen LogP contribution in [0.3, 0.4) is 0 Å². The first-order valence-electron chi connectivity index (χ1n) is 12.2. The van der Waals surface area contributed by atoms with E-state index in [1.54, 1.807) is 37.6 Å². The highest BCUT2D eigenvalue weighted by molar-refractivity contribution is 7.13. The number of thiazole rings is 1. The highest BCUT2D eigenvalue weighted by atomic mass is 32.1. The number of rotatable bonds is 10. The van der Waals surface area contributed by atoms with E-state index < -0.39 is 60.5 Å². The number of β-amino-alcohol motifs (C(OH)–C–C–N with tert-alkyl or cyclic N) is 1. The molecule has 0 radical (unpaired) electrons. The maximum atomic E-state index is 13.5. The van der Waals surface area contributed by atoms with Crippen LogP contribution < -0.4 is 10.6 Å². The van der Waals surface area contributed by atoms with E-state index in [4.69, 9.17) is 9.84 Å². The van der Waals surface area contributed by atoms with E-state index in [1.807, 2.05) is 31.2 Å². The summed E-state index contributed by atoms with van der Waals surface area (Å²) in [6.45, 7) is 6.25. The first-order valence-corrected chi connectivity index (χ1v) is 13.1. The van der Waals surface area contributed by atoms with Gasteiger partial charge < -0.3 is 30.5 Å². The summed E-state index contributed by atoms with van der Waals surface area (Å²) in [7, 11) is 0. The van der Waals surface area contributed by atoms with Crippen molar-refractivity contribution in [3.63, 3.8) is 0 Å². The van der Waals surface area contributed by atoms with Gasteiger partial charge in [-0.25, -0.2) is 9.78 Å². The van der Waals surface area contributed by atoms with Crippen LogP contribution >= 0.6 is 11.3 Å². The van der Waals surface area contributed by atoms with Crippen LogP contribution in [-0.4, -0.2) is 81.7 Å². The summed E-state index contributed by atoms with van der Waals surface area (Å²) < 4.78 is 4.82. The summed E-state index contributed by atoms with van der Waals surface area (Å²) in [5.41, 5.74) is 3.94. The van der Waals surface area contributed by atoms with Gasteiger partial charge in [0, 0.05) is 19.5 Å². The second-order valence-electron chi connectivity index (χ2n) is 10.3. The van der Waals surface area contributed by atoms with Crippen LogP contribution in [0.25, 0.3) is 10.4 Å². The van der Waals surface area contributed by atoms with E-state index in [0.29, 0.717) is 0 Å². The number of likely N-dealkylation sites (tertiary alicyclic amines) is 1. The van der Waals surface area contributed by atoms with Crippen molar-refractivity contribution in [1.82, 2.24) is 20.5 Å². The normalized spacial score (nSPS) is 18.2. The molecule has 11 nitrogen and oxygen atoms in total. The lowest BCUT2D eigenvalue weighted by Crippen LogP contribution is -2.58. The fourth-order valence-corrected chi connectivity index (χ4v) is 5.03. The smallest absolute Gasteiger partial charge is 0.329 e. The van der Waals surface area contributed by atoms with Crippen molar-refractivity contribution < 1.29 is 34.1 Å². The highest BCUT2D eigenvalue weighted by Crippen LogP contribution is 2.28. The van der Waals surface area contributed by atoms with Crippen LogP contribution in [0.15, 0.2) is 29.8 Å². The van der Waals surface area contributed by atoms with Gasteiger partial charge in [0.15, 0.2) is 0 Å². The molecule has 1 saturated heterocycles. The first-order chi connectivity index (χ1) is 17.9. The predicted molar refractivity (Wildman–Crippen MR) is 140 cm³/mol. The van der Waals surface area contributed by atoms with Gasteiger partial charge in [0.2, 0.25) is 17.7 Å². The Morgan fingerprint density at radius 2 is 1.87 bits per heavy atom. The molecule has 3 atom stereocenters. The standard InChI is InChI=1S/C26H34N4O7S/c1-15-22(38-14-28-15)17-7-5-16(6-8-17)10-27-24(35)19-9-18(31)11-30(19)25(36)23(26(2,3)4)29-20(32)12-37-13-21(33)34/h5-8,14,18-19,23,31H,9-13H2,1-4H3,(H,27,35)(H,29,32)(H,33,34)/t18-,19+,23?/m1/s1. The van der Waals surface area contributed by atoms with Crippen molar-refractivity contribution in [2.24, 2.45) is 5.41 Å². The Hall–Kier alpha value is -3.35. The number of aliphatic hydroxyl groups is 1. The van der Waals surface area contributed by atoms with Gasteiger partial charge in [-0.3, -0.25) is 14.4 Å². The zero-order valence-electron chi connectivity index (χ0n) is 21.9. The summed E-state index contributed by atoms with van der Waals surface area (Å²) in [6.07, 6.45) is -0.805. The Kier molecular flexibility index (Phi) is 9.58. The van der Waals surface area contributed by atoms with Crippen LogP contribution in [0, 0.1) is 12.3 Å². The van der Waals surface area contributed by atoms with Crippen molar-refractivity contribution in [2.45, 2.75) is 58.8 Å². The number of carboxylic acid groups (broad SMARTS) is 1. The number of benzene rings is 1. The second-order valence-corrected chi connectivity index (χ2v) is 11.2. The summed E-state index contributed by atoms with van der Waals surface area (Å²) in [5.74, 6) is -2.78. The molecule has 12 heteroatoms. The van der Waals surface area contributed by atoms with Gasteiger partial charge in [0.25, 0.3) is 0 Å². The Labute approximate surface area is 225 Å². The van der Waals surface area contributed by atoms with Crippen molar-refractivity contribution in [3.8, 4) is 10.4 Å². The number of aryl methyl sites for hydroxylation is 1. The number of amides is 3. The first kappa shape index (κ1) is 29.2. The Balaban J connectivity index is 1.64. The lowest BCUT2D eigenvalue weighted by Gasteiger charge is -2.35. The number of carbonyl (C=O) groups is 4. The van der Waals surface area contributed by atoms with Gasteiger partial charge >= 0.3 is 5.97 Å². The van der Waals surface area contributed by atoms with E-state index in [2.05, 4.69) is 15.6 Å². The summed E-state index contributed by atoms with van der Waals surface area (Å²) in [6, 6.07) is 5.84.